The quantitative estimate of drug-likeness (QED) is 0.305. The summed E-state index contributed by atoms with van der Waals surface area (Å²) < 4.78 is 7.98. The summed E-state index contributed by atoms with van der Waals surface area (Å²) in [5, 5.41) is 16.1. The summed E-state index contributed by atoms with van der Waals surface area (Å²) in [6, 6.07) is 14.7. The number of hydrogen-bond donors (Lipinski definition) is 1. The van der Waals surface area contributed by atoms with Crippen molar-refractivity contribution in [2.24, 2.45) is 0 Å². The molecule has 7 heteroatoms. The molecule has 2 aromatic carbocycles. The summed E-state index contributed by atoms with van der Waals surface area (Å²) in [6.45, 7) is 2.89. The molecule has 0 aliphatic heterocycles. The summed E-state index contributed by atoms with van der Waals surface area (Å²) in [5.41, 5.74) is 1.11. The van der Waals surface area contributed by atoms with E-state index in [4.69, 9.17) is 20.1 Å². The van der Waals surface area contributed by atoms with Crippen LogP contribution in [-0.2, 0) is 4.74 Å². The highest BCUT2D eigenvalue weighted by atomic mass is 16.9. The summed E-state index contributed by atoms with van der Waals surface area (Å²) in [7, 11) is 0. The predicted molar refractivity (Wildman–Crippen MR) is 100.0 cm³/mol. The van der Waals surface area contributed by atoms with Crippen molar-refractivity contribution >= 4 is 22.7 Å². The first-order valence-electron chi connectivity index (χ1n) is 8.25. The molecule has 136 valence electrons. The van der Waals surface area contributed by atoms with E-state index in [9.17, 15) is 0 Å². The van der Waals surface area contributed by atoms with Crippen molar-refractivity contribution in [1.29, 1.82) is 0 Å². The third-order valence-corrected chi connectivity index (χ3v) is 3.60. The van der Waals surface area contributed by atoms with Crippen molar-refractivity contribution < 1.29 is 15.0 Å². The van der Waals surface area contributed by atoms with Crippen LogP contribution in [0.15, 0.2) is 61.2 Å². The highest BCUT2D eigenvalue weighted by Gasteiger charge is 2.08. The Morgan fingerprint density at radius 3 is 2.73 bits per heavy atom. The summed E-state index contributed by atoms with van der Waals surface area (Å²) in [6.07, 6.45) is 9.61. The molecular weight excluding hydrogens is 334 g/mol. The van der Waals surface area contributed by atoms with E-state index in [1.54, 1.807) is 12.5 Å². The molecule has 3 aromatic rings. The van der Waals surface area contributed by atoms with Gasteiger partial charge in [0.15, 0.2) is 0 Å². The number of rotatable bonds is 6. The van der Waals surface area contributed by atoms with Gasteiger partial charge in [0.1, 0.15) is 5.76 Å². The Balaban J connectivity index is 0.000000552. The van der Waals surface area contributed by atoms with E-state index in [2.05, 4.69) is 54.4 Å². The van der Waals surface area contributed by atoms with Crippen LogP contribution in [0.1, 0.15) is 25.3 Å². The largest absolute Gasteiger partial charge is 0.491 e. The van der Waals surface area contributed by atoms with Gasteiger partial charge in [-0.15, -0.1) is 10.1 Å². The standard InChI is InChI=1S/C19H20N2O.HNO3/c1-2-3-13-22-19(14-21-12-11-20-15-21)18-10-6-8-16-7-4-5-9-17(16)18;2-1(3)4/h4-12,14-15H,2-3,13H2,1H3;(H,2,3,4)/b19-14+;. The van der Waals surface area contributed by atoms with Gasteiger partial charge in [-0.25, -0.2) is 4.98 Å². The van der Waals surface area contributed by atoms with Crippen LogP contribution in [0, 0.1) is 10.1 Å². The van der Waals surface area contributed by atoms with Gasteiger partial charge < -0.3 is 14.5 Å². The first-order valence-corrected chi connectivity index (χ1v) is 8.25. The Morgan fingerprint density at radius 2 is 2.04 bits per heavy atom. The second kappa shape index (κ2) is 9.83. The van der Waals surface area contributed by atoms with Crippen molar-refractivity contribution in [2.45, 2.75) is 19.8 Å². The Bertz CT molecular complexity index is 851. The van der Waals surface area contributed by atoms with E-state index in [0.29, 0.717) is 0 Å². The van der Waals surface area contributed by atoms with Gasteiger partial charge in [0.05, 0.1) is 19.1 Å². The third-order valence-electron chi connectivity index (χ3n) is 3.60. The van der Waals surface area contributed by atoms with Gasteiger partial charge in [-0.3, -0.25) is 0 Å². The van der Waals surface area contributed by atoms with Gasteiger partial charge in [0.2, 0.25) is 0 Å². The van der Waals surface area contributed by atoms with Crippen molar-refractivity contribution in [3.05, 3.63) is 76.9 Å². The van der Waals surface area contributed by atoms with Gasteiger partial charge in [-0.05, 0) is 17.2 Å². The molecule has 0 fully saturated rings. The predicted octanol–water partition coefficient (Wildman–Crippen LogP) is 4.46. The number of unbranched alkanes of at least 4 members (excludes halogenated alkanes) is 1. The Hall–Kier alpha value is -3.35. The van der Waals surface area contributed by atoms with Crippen LogP contribution in [0.5, 0.6) is 0 Å². The van der Waals surface area contributed by atoms with E-state index in [0.717, 1.165) is 30.8 Å². The molecule has 0 aliphatic rings. The van der Waals surface area contributed by atoms with Crippen LogP contribution >= 0.6 is 0 Å². The molecule has 0 saturated carbocycles. The van der Waals surface area contributed by atoms with E-state index >= 15 is 0 Å². The first kappa shape index (κ1) is 19.0. The van der Waals surface area contributed by atoms with Crippen LogP contribution < -0.4 is 0 Å². The Morgan fingerprint density at radius 1 is 1.31 bits per heavy atom. The maximum atomic E-state index is 8.36. The van der Waals surface area contributed by atoms with Crippen molar-refractivity contribution in [2.75, 3.05) is 6.61 Å². The Labute approximate surface area is 151 Å². The van der Waals surface area contributed by atoms with Crippen LogP contribution in [0.3, 0.4) is 0 Å². The fraction of sp³-hybridized carbons (Fsp3) is 0.211. The van der Waals surface area contributed by atoms with Crippen LogP contribution in [0.2, 0.25) is 0 Å². The lowest BCUT2D eigenvalue weighted by molar-refractivity contribution is -0.742. The van der Waals surface area contributed by atoms with Crippen LogP contribution in [0.4, 0.5) is 0 Å². The molecule has 0 bridgehead atoms. The minimum atomic E-state index is -1.50. The average molecular weight is 355 g/mol. The zero-order chi connectivity index (χ0) is 18.8. The summed E-state index contributed by atoms with van der Waals surface area (Å²) >= 11 is 0. The number of nitrogens with zero attached hydrogens (tertiary/aromatic N) is 3. The van der Waals surface area contributed by atoms with Gasteiger partial charge in [0.25, 0.3) is 5.09 Å². The number of benzene rings is 2. The Kier molecular flexibility index (Phi) is 7.17. The number of ether oxygens (including phenoxy) is 1. The smallest absolute Gasteiger partial charge is 0.291 e. The molecule has 0 unspecified atom stereocenters. The summed E-state index contributed by atoms with van der Waals surface area (Å²) in [4.78, 5) is 12.5. The van der Waals surface area contributed by atoms with Crippen molar-refractivity contribution in [1.82, 2.24) is 9.55 Å². The highest BCUT2D eigenvalue weighted by Crippen LogP contribution is 2.26. The maximum absolute atomic E-state index is 8.36. The molecule has 3 rings (SSSR count). The second-order valence-corrected chi connectivity index (χ2v) is 5.47. The van der Waals surface area contributed by atoms with Gasteiger partial charge in [0, 0.05) is 18.0 Å². The SMILES string of the molecule is CCCCO/C(=C/n1ccnc1)c1cccc2ccccc12.O=[N+]([O-])O. The minimum Gasteiger partial charge on any atom is -0.491 e. The molecule has 0 aliphatic carbocycles. The molecule has 7 nitrogen and oxygen atoms in total. The molecule has 0 spiro atoms. The zero-order valence-electron chi connectivity index (χ0n) is 14.5. The monoisotopic (exact) mass is 355 g/mol. The zero-order valence-corrected chi connectivity index (χ0v) is 14.5. The van der Waals surface area contributed by atoms with E-state index in [1.807, 2.05) is 17.0 Å². The molecule has 0 amide bonds. The number of hydrogen-bond acceptors (Lipinski definition) is 4. The molecule has 1 heterocycles. The number of fused-ring (bicyclic) bond motifs is 1. The number of imidazole rings is 1. The van der Waals surface area contributed by atoms with E-state index in [1.165, 1.54) is 10.8 Å². The molecule has 0 saturated heterocycles. The fourth-order valence-electron chi connectivity index (χ4n) is 2.43. The molecule has 1 N–H and O–H groups in total. The van der Waals surface area contributed by atoms with Crippen molar-refractivity contribution in [3.63, 3.8) is 0 Å². The van der Waals surface area contributed by atoms with Gasteiger partial charge in [-0.2, -0.15) is 0 Å². The molecular formula is C19H21N3O4. The normalized spacial score (nSPS) is 10.9. The van der Waals surface area contributed by atoms with Gasteiger partial charge >= 0.3 is 0 Å². The lowest BCUT2D eigenvalue weighted by Crippen LogP contribution is -1.97. The molecule has 26 heavy (non-hydrogen) atoms. The fourth-order valence-corrected chi connectivity index (χ4v) is 2.43. The lowest BCUT2D eigenvalue weighted by Gasteiger charge is -2.13. The first-order chi connectivity index (χ1) is 12.6. The van der Waals surface area contributed by atoms with Crippen molar-refractivity contribution in [3.8, 4) is 0 Å². The van der Waals surface area contributed by atoms with Crippen LogP contribution in [0.25, 0.3) is 22.7 Å². The molecule has 0 atom stereocenters. The number of aromatic nitrogens is 2. The van der Waals surface area contributed by atoms with E-state index < -0.39 is 5.09 Å². The topological polar surface area (TPSA) is 90.4 Å². The summed E-state index contributed by atoms with van der Waals surface area (Å²) in [5.74, 6) is 0.878. The van der Waals surface area contributed by atoms with Crippen LogP contribution in [-0.4, -0.2) is 26.5 Å². The molecule has 0 radical (unpaired) electrons. The second-order valence-electron chi connectivity index (χ2n) is 5.47. The highest BCUT2D eigenvalue weighted by molar-refractivity contribution is 5.94. The third kappa shape index (κ3) is 5.62. The van der Waals surface area contributed by atoms with E-state index in [-0.39, 0.29) is 0 Å². The average Bonchev–Trinajstić information content (AvgIpc) is 3.13. The molecule has 1 aromatic heterocycles. The minimum absolute atomic E-state index is 0.722. The van der Waals surface area contributed by atoms with Gasteiger partial charge in [-0.1, -0.05) is 55.8 Å². The lowest BCUT2D eigenvalue weighted by atomic mass is 10.0. The maximum Gasteiger partial charge on any atom is 0.291 e.